The molecule has 0 unspecified atom stereocenters. The molecule has 0 bridgehead atoms. The van der Waals surface area contributed by atoms with Gasteiger partial charge in [0.25, 0.3) is 0 Å². The van der Waals surface area contributed by atoms with Crippen LogP contribution in [-0.4, -0.2) is 16.5 Å². The Bertz CT molecular complexity index is 624. The van der Waals surface area contributed by atoms with Crippen molar-refractivity contribution in [3.63, 3.8) is 0 Å². The second kappa shape index (κ2) is 6.03. The van der Waals surface area contributed by atoms with Crippen molar-refractivity contribution in [1.29, 1.82) is 5.26 Å². The van der Waals surface area contributed by atoms with E-state index in [1.165, 1.54) is 6.20 Å². The fourth-order valence-electron chi connectivity index (χ4n) is 1.42. The van der Waals surface area contributed by atoms with Crippen LogP contribution in [0, 0.1) is 11.3 Å². The van der Waals surface area contributed by atoms with Crippen LogP contribution in [0.4, 0.5) is 5.95 Å². The zero-order chi connectivity index (χ0) is 13.7. The third-order valence-corrected chi connectivity index (χ3v) is 2.52. The van der Waals surface area contributed by atoms with E-state index >= 15 is 0 Å². The number of nitriles is 1. The number of halogens is 1. The molecule has 96 valence electrons. The summed E-state index contributed by atoms with van der Waals surface area (Å²) in [4.78, 5) is 8.16. The molecule has 6 heteroatoms. The van der Waals surface area contributed by atoms with Gasteiger partial charge in [-0.2, -0.15) is 10.2 Å². The maximum Gasteiger partial charge on any atom is 0.243 e. The Morgan fingerprint density at radius 3 is 2.95 bits per heavy atom. The van der Waals surface area contributed by atoms with Crippen LogP contribution < -0.4 is 10.1 Å². The largest absolute Gasteiger partial charge is 0.436 e. The lowest BCUT2D eigenvalue weighted by atomic mass is 10.2. The van der Waals surface area contributed by atoms with Crippen molar-refractivity contribution in [2.75, 3.05) is 11.9 Å². The van der Waals surface area contributed by atoms with Gasteiger partial charge in [-0.1, -0.05) is 23.7 Å². The van der Waals surface area contributed by atoms with Crippen LogP contribution in [0.3, 0.4) is 0 Å². The van der Waals surface area contributed by atoms with Gasteiger partial charge in [-0.25, -0.2) is 4.98 Å². The molecular weight excluding hydrogens is 264 g/mol. The Hall–Kier alpha value is -2.32. The van der Waals surface area contributed by atoms with Gasteiger partial charge in [0.15, 0.2) is 0 Å². The monoisotopic (exact) mass is 274 g/mol. The highest BCUT2D eigenvalue weighted by Crippen LogP contribution is 2.29. The number of nitrogens with zero attached hydrogens (tertiary/aromatic N) is 3. The molecule has 0 atom stereocenters. The number of anilines is 1. The normalized spacial score (nSPS) is 9.74. The van der Waals surface area contributed by atoms with E-state index in [1.807, 2.05) is 13.0 Å². The van der Waals surface area contributed by atoms with Crippen LogP contribution in [0.1, 0.15) is 12.5 Å². The van der Waals surface area contributed by atoms with Crippen molar-refractivity contribution in [2.45, 2.75) is 6.92 Å². The van der Waals surface area contributed by atoms with Gasteiger partial charge in [0.2, 0.25) is 11.8 Å². The molecule has 1 aromatic carbocycles. The highest BCUT2D eigenvalue weighted by Gasteiger charge is 2.10. The van der Waals surface area contributed by atoms with Crippen molar-refractivity contribution in [2.24, 2.45) is 0 Å². The third kappa shape index (κ3) is 3.12. The molecule has 0 aliphatic carbocycles. The average molecular weight is 275 g/mol. The van der Waals surface area contributed by atoms with Gasteiger partial charge in [-0.3, -0.25) is 0 Å². The molecule has 1 aromatic heterocycles. The summed E-state index contributed by atoms with van der Waals surface area (Å²) in [7, 11) is 0. The molecule has 0 fully saturated rings. The van der Waals surface area contributed by atoms with E-state index < -0.39 is 0 Å². The SMILES string of the molecule is CCNc1ncc(Cl)c(Oc2ccccc2C#N)n1. The number of aromatic nitrogens is 2. The van der Waals surface area contributed by atoms with E-state index in [0.717, 1.165) is 0 Å². The van der Waals surface area contributed by atoms with Gasteiger partial charge in [-0.05, 0) is 19.1 Å². The highest BCUT2D eigenvalue weighted by molar-refractivity contribution is 6.31. The topological polar surface area (TPSA) is 70.8 Å². The smallest absolute Gasteiger partial charge is 0.243 e. The predicted molar refractivity (Wildman–Crippen MR) is 72.4 cm³/mol. The van der Waals surface area contributed by atoms with Crippen LogP contribution >= 0.6 is 11.6 Å². The van der Waals surface area contributed by atoms with Crippen LogP contribution in [-0.2, 0) is 0 Å². The Morgan fingerprint density at radius 2 is 2.21 bits per heavy atom. The lowest BCUT2D eigenvalue weighted by Crippen LogP contribution is -2.03. The Kier molecular flexibility index (Phi) is 4.16. The zero-order valence-corrected chi connectivity index (χ0v) is 11.0. The predicted octanol–water partition coefficient (Wildman–Crippen LogP) is 3.23. The Morgan fingerprint density at radius 1 is 1.42 bits per heavy atom. The van der Waals surface area contributed by atoms with Crippen molar-refractivity contribution < 1.29 is 4.74 Å². The minimum absolute atomic E-state index is 0.218. The van der Waals surface area contributed by atoms with Crippen LogP contribution in [0.2, 0.25) is 5.02 Å². The molecule has 5 nitrogen and oxygen atoms in total. The van der Waals surface area contributed by atoms with E-state index in [-0.39, 0.29) is 10.9 Å². The van der Waals surface area contributed by atoms with E-state index in [0.29, 0.717) is 23.8 Å². The van der Waals surface area contributed by atoms with Crippen molar-refractivity contribution >= 4 is 17.5 Å². The molecule has 0 aliphatic rings. The van der Waals surface area contributed by atoms with Crippen molar-refractivity contribution in [3.05, 3.63) is 41.0 Å². The fourth-order valence-corrected chi connectivity index (χ4v) is 1.55. The zero-order valence-electron chi connectivity index (χ0n) is 10.2. The average Bonchev–Trinajstić information content (AvgIpc) is 2.43. The number of ether oxygens (including phenoxy) is 1. The lowest BCUT2D eigenvalue weighted by molar-refractivity contribution is 0.461. The minimum atomic E-state index is 0.218. The molecule has 1 N–H and O–H groups in total. The molecule has 0 saturated heterocycles. The van der Waals surface area contributed by atoms with Crippen LogP contribution in [0.25, 0.3) is 0 Å². The third-order valence-electron chi connectivity index (χ3n) is 2.26. The van der Waals surface area contributed by atoms with E-state index in [2.05, 4.69) is 15.3 Å². The molecular formula is C13H11ClN4O. The summed E-state index contributed by atoms with van der Waals surface area (Å²) in [5.74, 6) is 1.06. The van der Waals surface area contributed by atoms with E-state index in [1.54, 1.807) is 24.3 Å². The first-order valence-electron chi connectivity index (χ1n) is 5.68. The maximum atomic E-state index is 9.00. The summed E-state index contributed by atoms with van der Waals surface area (Å²) in [5.41, 5.74) is 0.419. The van der Waals surface area contributed by atoms with Crippen LogP contribution in [0.5, 0.6) is 11.6 Å². The second-order valence-electron chi connectivity index (χ2n) is 3.59. The number of para-hydroxylation sites is 1. The molecule has 0 radical (unpaired) electrons. The highest BCUT2D eigenvalue weighted by atomic mass is 35.5. The molecule has 19 heavy (non-hydrogen) atoms. The van der Waals surface area contributed by atoms with Gasteiger partial charge in [0, 0.05) is 6.54 Å². The standard InChI is InChI=1S/C13H11ClN4O/c1-2-16-13-17-8-10(14)12(18-13)19-11-6-4-3-5-9(11)7-15/h3-6,8H,2H2,1H3,(H,16,17,18). The van der Waals surface area contributed by atoms with Gasteiger partial charge in [0.1, 0.15) is 16.8 Å². The fraction of sp³-hybridized carbons (Fsp3) is 0.154. The Balaban J connectivity index is 2.32. The number of hydrogen-bond acceptors (Lipinski definition) is 5. The maximum absolute atomic E-state index is 9.00. The van der Waals surface area contributed by atoms with Gasteiger partial charge < -0.3 is 10.1 Å². The summed E-state index contributed by atoms with van der Waals surface area (Å²) in [6, 6.07) is 8.93. The molecule has 0 saturated carbocycles. The minimum Gasteiger partial charge on any atom is -0.436 e. The first-order valence-corrected chi connectivity index (χ1v) is 6.05. The number of nitrogens with one attached hydrogen (secondary N) is 1. The summed E-state index contributed by atoms with van der Waals surface area (Å²) in [6.45, 7) is 2.62. The summed E-state index contributed by atoms with van der Waals surface area (Å²) >= 11 is 5.98. The van der Waals surface area contributed by atoms with Crippen LogP contribution in [0.15, 0.2) is 30.5 Å². The number of rotatable bonds is 4. The van der Waals surface area contributed by atoms with E-state index in [4.69, 9.17) is 21.6 Å². The molecule has 2 aromatic rings. The summed E-state index contributed by atoms with van der Waals surface area (Å²) in [6.07, 6.45) is 1.46. The molecule has 0 spiro atoms. The lowest BCUT2D eigenvalue weighted by Gasteiger charge is -2.09. The molecule has 0 aliphatic heterocycles. The molecule has 0 amide bonds. The van der Waals surface area contributed by atoms with Gasteiger partial charge in [0.05, 0.1) is 11.8 Å². The van der Waals surface area contributed by atoms with E-state index in [9.17, 15) is 0 Å². The van der Waals surface area contributed by atoms with Crippen molar-refractivity contribution in [3.8, 4) is 17.7 Å². The quantitative estimate of drug-likeness (QED) is 0.927. The summed E-state index contributed by atoms with van der Waals surface area (Å²) < 4.78 is 5.57. The molecule has 1 heterocycles. The number of benzene rings is 1. The van der Waals surface area contributed by atoms with Crippen molar-refractivity contribution in [1.82, 2.24) is 9.97 Å². The first-order chi connectivity index (χ1) is 9.24. The first kappa shape index (κ1) is 13.1. The van der Waals surface area contributed by atoms with Gasteiger partial charge in [-0.15, -0.1) is 0 Å². The molecule has 2 rings (SSSR count). The second-order valence-corrected chi connectivity index (χ2v) is 3.99. The Labute approximate surface area is 115 Å². The van der Waals surface area contributed by atoms with Gasteiger partial charge >= 0.3 is 0 Å². The summed E-state index contributed by atoms with van der Waals surface area (Å²) in [5, 5.41) is 12.2. The number of hydrogen-bond donors (Lipinski definition) is 1.